The van der Waals surface area contributed by atoms with E-state index in [9.17, 15) is 9.18 Å². The van der Waals surface area contributed by atoms with Crippen LogP contribution in [0.5, 0.6) is 0 Å². The van der Waals surface area contributed by atoms with Crippen LogP contribution >= 0.6 is 11.6 Å². The maximum atomic E-state index is 11.4. The lowest BCUT2D eigenvalue weighted by molar-refractivity contribution is -0.132. The maximum Gasteiger partial charge on any atom is 0.305 e. The summed E-state index contributed by atoms with van der Waals surface area (Å²) in [6.45, 7) is 1.44. The fourth-order valence-electron chi connectivity index (χ4n) is 0.0607. The first-order valence-corrected chi connectivity index (χ1v) is 2.47. The van der Waals surface area contributed by atoms with Gasteiger partial charge in [-0.05, 0) is 0 Å². The van der Waals surface area contributed by atoms with E-state index in [1.54, 1.807) is 0 Å². The van der Waals surface area contributed by atoms with Crippen molar-refractivity contribution in [2.45, 2.75) is 6.92 Å². The Hall–Kier alpha value is -0.110. The van der Waals surface area contributed by atoms with Crippen LogP contribution in [0.25, 0.3) is 0 Å². The van der Waals surface area contributed by atoms with Gasteiger partial charge in [-0.1, -0.05) is 6.92 Å². The lowest BCUT2D eigenvalue weighted by Crippen LogP contribution is -2.04. The van der Waals surface area contributed by atoms with Gasteiger partial charge in [0.25, 0.3) is 0 Å². The Morgan fingerprint density at radius 2 is 2.43 bits per heavy atom. The third kappa shape index (κ3) is 2.57. The third-order valence-electron chi connectivity index (χ3n) is 0.619. The second-order valence-corrected chi connectivity index (χ2v) is 1.67. The maximum absolute atomic E-state index is 11.4. The Morgan fingerprint density at radius 1 is 2.00 bits per heavy atom. The molecule has 7 heavy (non-hydrogen) atoms. The Labute approximate surface area is 46.5 Å². The Bertz CT molecular complexity index is 74.1. The molecule has 42 valence electrons. The molecule has 0 spiro atoms. The van der Waals surface area contributed by atoms with Gasteiger partial charge in [-0.2, -0.15) is 4.39 Å². The summed E-state index contributed by atoms with van der Waals surface area (Å²) < 4.78 is 11.4. The molecular formula is C4H6ClFO. The van der Waals surface area contributed by atoms with Gasteiger partial charge >= 0.3 is 6.04 Å². The summed E-state index contributed by atoms with van der Waals surface area (Å²) in [4.78, 5) is 9.62. The monoisotopic (exact) mass is 124 g/mol. The largest absolute Gasteiger partial charge is 0.305 e. The second kappa shape index (κ2) is 2.97. The minimum atomic E-state index is -1.34. The number of hydrogen-bond acceptors (Lipinski definition) is 1. The van der Waals surface area contributed by atoms with E-state index in [4.69, 9.17) is 11.6 Å². The summed E-state index contributed by atoms with van der Waals surface area (Å²) >= 11 is 5.09. The van der Waals surface area contributed by atoms with Crippen molar-refractivity contribution < 1.29 is 9.18 Å². The molecule has 0 N–H and O–H groups in total. The first kappa shape index (κ1) is 6.89. The Balaban J connectivity index is 3.34. The van der Waals surface area contributed by atoms with Crippen molar-refractivity contribution in [1.82, 2.24) is 0 Å². The molecule has 0 aliphatic carbocycles. The predicted octanol–water partition coefficient (Wildman–Crippen LogP) is 1.36. The van der Waals surface area contributed by atoms with Gasteiger partial charge in [0, 0.05) is 5.88 Å². The van der Waals surface area contributed by atoms with Crippen LogP contribution in [-0.2, 0) is 4.79 Å². The number of halogens is 2. The minimum Gasteiger partial charge on any atom is -0.261 e. The molecule has 0 amide bonds. The van der Waals surface area contributed by atoms with Gasteiger partial charge in [0.1, 0.15) is 0 Å². The minimum absolute atomic E-state index is 0.0648. The lowest BCUT2D eigenvalue weighted by Gasteiger charge is -1.92. The van der Waals surface area contributed by atoms with Gasteiger partial charge < -0.3 is 0 Å². The van der Waals surface area contributed by atoms with Crippen LogP contribution in [0.2, 0.25) is 0 Å². The average molecular weight is 125 g/mol. The third-order valence-corrected chi connectivity index (χ3v) is 1.08. The summed E-state index contributed by atoms with van der Waals surface area (Å²) in [5.74, 6) is -0.573. The number of rotatable bonds is 2. The highest BCUT2D eigenvalue weighted by molar-refractivity contribution is 6.19. The zero-order valence-corrected chi connectivity index (χ0v) is 4.70. The summed E-state index contributed by atoms with van der Waals surface area (Å²) in [5.41, 5.74) is 0. The summed E-state index contributed by atoms with van der Waals surface area (Å²) in [5, 5.41) is 0. The molecule has 0 bridgehead atoms. The molecule has 1 atom stereocenters. The van der Waals surface area contributed by atoms with E-state index in [1.807, 2.05) is 0 Å². The van der Waals surface area contributed by atoms with Crippen molar-refractivity contribution in [2.24, 2.45) is 5.92 Å². The molecule has 0 saturated carbocycles. The smallest absolute Gasteiger partial charge is 0.261 e. The van der Waals surface area contributed by atoms with Crippen LogP contribution in [-0.4, -0.2) is 11.9 Å². The number of carbonyl (C=O) groups excluding carboxylic acids is 1. The first-order chi connectivity index (χ1) is 3.18. The highest BCUT2D eigenvalue weighted by Crippen LogP contribution is 1.98. The fraction of sp³-hybridized carbons (Fsp3) is 0.750. The molecule has 0 aliphatic heterocycles. The summed E-state index contributed by atoms with van der Waals surface area (Å²) in [6.07, 6.45) is 0. The fourth-order valence-corrected chi connectivity index (χ4v) is 0.182. The first-order valence-electron chi connectivity index (χ1n) is 1.93. The van der Waals surface area contributed by atoms with E-state index >= 15 is 0 Å². The molecule has 0 saturated heterocycles. The van der Waals surface area contributed by atoms with Crippen molar-refractivity contribution in [3.8, 4) is 0 Å². The van der Waals surface area contributed by atoms with Crippen LogP contribution in [0.4, 0.5) is 4.39 Å². The topological polar surface area (TPSA) is 17.1 Å². The van der Waals surface area contributed by atoms with E-state index < -0.39 is 12.0 Å². The van der Waals surface area contributed by atoms with E-state index in [0.717, 1.165) is 0 Å². The normalized spacial score (nSPS) is 13.6. The number of alkyl halides is 1. The summed E-state index contributed by atoms with van der Waals surface area (Å²) in [6, 6.07) is -1.34. The molecule has 1 unspecified atom stereocenters. The van der Waals surface area contributed by atoms with Gasteiger partial charge in [-0.3, -0.25) is 4.79 Å². The van der Waals surface area contributed by atoms with Gasteiger partial charge in [0.05, 0.1) is 5.92 Å². The second-order valence-electron chi connectivity index (χ2n) is 1.36. The molecule has 1 nitrogen and oxygen atoms in total. The van der Waals surface area contributed by atoms with Crippen LogP contribution < -0.4 is 0 Å². The molecule has 0 aromatic rings. The molecule has 0 fully saturated rings. The van der Waals surface area contributed by atoms with Crippen LogP contribution in [0.15, 0.2) is 0 Å². The highest BCUT2D eigenvalue weighted by Gasteiger charge is 2.07. The van der Waals surface area contributed by atoms with Crippen LogP contribution in [0, 0.1) is 5.92 Å². The predicted molar refractivity (Wildman–Crippen MR) is 26.0 cm³/mol. The molecule has 0 aromatic carbocycles. The van der Waals surface area contributed by atoms with Crippen molar-refractivity contribution in [3.63, 3.8) is 0 Å². The van der Waals surface area contributed by atoms with Gasteiger partial charge in [0.15, 0.2) is 0 Å². The van der Waals surface area contributed by atoms with Crippen LogP contribution in [0.3, 0.4) is 0 Å². The quantitative estimate of drug-likeness (QED) is 0.401. The van der Waals surface area contributed by atoms with Crippen molar-refractivity contribution in [2.75, 3.05) is 5.88 Å². The molecule has 0 aromatic heterocycles. The van der Waals surface area contributed by atoms with Crippen molar-refractivity contribution in [3.05, 3.63) is 0 Å². The highest BCUT2D eigenvalue weighted by atomic mass is 35.5. The molecule has 0 radical (unpaired) electrons. The molecular weight excluding hydrogens is 118 g/mol. The number of hydrogen-bond donors (Lipinski definition) is 0. The molecule has 3 heteroatoms. The molecule has 0 aliphatic rings. The van der Waals surface area contributed by atoms with Gasteiger partial charge in [-0.25, -0.2) is 0 Å². The molecule has 0 heterocycles. The van der Waals surface area contributed by atoms with Crippen LogP contribution in [0.1, 0.15) is 6.92 Å². The lowest BCUT2D eigenvalue weighted by atomic mass is 10.2. The van der Waals surface area contributed by atoms with E-state index in [2.05, 4.69) is 0 Å². The van der Waals surface area contributed by atoms with E-state index in [1.165, 1.54) is 6.92 Å². The van der Waals surface area contributed by atoms with Gasteiger partial charge in [-0.15, -0.1) is 11.6 Å². The zero-order valence-electron chi connectivity index (χ0n) is 3.95. The Kier molecular flexibility index (Phi) is 2.92. The van der Waals surface area contributed by atoms with E-state index in [0.29, 0.717) is 0 Å². The standard InChI is InChI=1S/C4H6ClFO/c1-3(2-5)4(6)7/h3H,2H2,1H3. The van der Waals surface area contributed by atoms with E-state index in [-0.39, 0.29) is 5.88 Å². The average Bonchev–Trinajstić information content (AvgIpc) is 1.65. The van der Waals surface area contributed by atoms with Crippen molar-refractivity contribution in [1.29, 1.82) is 0 Å². The van der Waals surface area contributed by atoms with Gasteiger partial charge in [0.2, 0.25) is 0 Å². The summed E-state index contributed by atoms with van der Waals surface area (Å²) in [7, 11) is 0. The molecule has 0 rings (SSSR count). The van der Waals surface area contributed by atoms with Crippen molar-refractivity contribution >= 4 is 17.6 Å². The number of carbonyl (C=O) groups is 1. The Morgan fingerprint density at radius 3 is 2.43 bits per heavy atom. The zero-order chi connectivity index (χ0) is 5.86. The SMILES string of the molecule is CC(CCl)C(=O)F.